The van der Waals surface area contributed by atoms with Gasteiger partial charge in [-0.15, -0.1) is 0 Å². The lowest BCUT2D eigenvalue weighted by Gasteiger charge is -2.25. The molecule has 0 bridgehead atoms. The fraction of sp³-hybridized carbons (Fsp3) is 0.444. The van der Waals surface area contributed by atoms with Gasteiger partial charge in [0, 0.05) is 36.6 Å². The summed E-state index contributed by atoms with van der Waals surface area (Å²) >= 11 is 0. The summed E-state index contributed by atoms with van der Waals surface area (Å²) in [6.45, 7) is 2.59. The number of aromatic nitrogens is 2. The van der Waals surface area contributed by atoms with Crippen LogP contribution in [0.4, 0.5) is 13.2 Å². The highest BCUT2D eigenvalue weighted by molar-refractivity contribution is 5.23. The molecule has 2 rings (SSSR count). The highest BCUT2D eigenvalue weighted by atomic mass is 19.4. The van der Waals surface area contributed by atoms with Gasteiger partial charge in [-0.1, -0.05) is 13.0 Å². The highest BCUT2D eigenvalue weighted by Crippen LogP contribution is 2.31. The molecule has 2 heterocycles. The van der Waals surface area contributed by atoms with Gasteiger partial charge in [-0.3, -0.25) is 9.97 Å². The van der Waals surface area contributed by atoms with Gasteiger partial charge in [0.05, 0.1) is 11.3 Å². The Bertz CT molecular complexity index is 646. The largest absolute Gasteiger partial charge is 0.418 e. The van der Waals surface area contributed by atoms with Crippen molar-refractivity contribution in [1.29, 1.82) is 0 Å². The van der Waals surface area contributed by atoms with Crippen LogP contribution in [-0.2, 0) is 12.7 Å². The lowest BCUT2D eigenvalue weighted by Crippen LogP contribution is -2.35. The SMILES string of the molecule is CC(c1ccccn1)C(CCCN)NCc1ncccc1C(F)(F)F. The first-order chi connectivity index (χ1) is 11.9. The van der Waals surface area contributed by atoms with Crippen molar-refractivity contribution in [1.82, 2.24) is 15.3 Å². The molecule has 2 atom stereocenters. The number of alkyl halides is 3. The molecule has 0 aliphatic heterocycles. The predicted octanol–water partition coefficient (Wildman–Crippen LogP) is 3.50. The van der Waals surface area contributed by atoms with Crippen molar-refractivity contribution >= 4 is 0 Å². The molecular weight excluding hydrogens is 329 g/mol. The molecule has 7 heteroatoms. The maximum absolute atomic E-state index is 13.1. The van der Waals surface area contributed by atoms with Crippen LogP contribution in [0, 0.1) is 0 Å². The number of halogens is 3. The zero-order valence-corrected chi connectivity index (χ0v) is 14.1. The second-order valence-corrected chi connectivity index (χ2v) is 5.96. The van der Waals surface area contributed by atoms with E-state index in [0.29, 0.717) is 6.54 Å². The van der Waals surface area contributed by atoms with E-state index in [-0.39, 0.29) is 24.2 Å². The van der Waals surface area contributed by atoms with E-state index in [1.54, 1.807) is 6.20 Å². The van der Waals surface area contributed by atoms with Gasteiger partial charge < -0.3 is 11.1 Å². The van der Waals surface area contributed by atoms with Crippen molar-refractivity contribution in [2.45, 2.75) is 44.4 Å². The lowest BCUT2D eigenvalue weighted by atomic mass is 9.93. The van der Waals surface area contributed by atoms with Crippen LogP contribution in [0.25, 0.3) is 0 Å². The Balaban J connectivity index is 2.13. The summed E-state index contributed by atoms with van der Waals surface area (Å²) in [4.78, 5) is 8.26. The molecule has 0 saturated heterocycles. The summed E-state index contributed by atoms with van der Waals surface area (Å²) in [6, 6.07) is 7.97. The maximum atomic E-state index is 13.1. The third-order valence-electron chi connectivity index (χ3n) is 4.20. The minimum absolute atomic E-state index is 0.000898. The Morgan fingerprint density at radius 1 is 1.12 bits per heavy atom. The smallest absolute Gasteiger partial charge is 0.330 e. The molecule has 0 saturated carbocycles. The topological polar surface area (TPSA) is 63.8 Å². The van der Waals surface area contributed by atoms with Crippen LogP contribution in [0.2, 0.25) is 0 Å². The van der Waals surface area contributed by atoms with Gasteiger partial charge in [-0.2, -0.15) is 13.2 Å². The summed E-state index contributed by atoms with van der Waals surface area (Å²) in [7, 11) is 0. The van der Waals surface area contributed by atoms with Gasteiger partial charge >= 0.3 is 6.18 Å². The molecule has 136 valence electrons. The molecule has 0 aromatic carbocycles. The molecule has 0 aliphatic rings. The average molecular weight is 352 g/mol. The third kappa shape index (κ3) is 5.51. The summed E-state index contributed by atoms with van der Waals surface area (Å²) in [5.74, 6) is 0.0470. The second kappa shape index (κ2) is 8.92. The number of nitrogens with zero attached hydrogens (tertiary/aromatic N) is 2. The van der Waals surface area contributed by atoms with Crippen molar-refractivity contribution in [3.8, 4) is 0 Å². The van der Waals surface area contributed by atoms with Gasteiger partial charge in [0.1, 0.15) is 0 Å². The molecule has 0 amide bonds. The van der Waals surface area contributed by atoms with E-state index >= 15 is 0 Å². The van der Waals surface area contributed by atoms with Gasteiger partial charge in [-0.05, 0) is 43.7 Å². The molecule has 0 spiro atoms. The summed E-state index contributed by atoms with van der Waals surface area (Å²) < 4.78 is 39.3. The highest BCUT2D eigenvalue weighted by Gasteiger charge is 2.34. The molecule has 3 N–H and O–H groups in total. The average Bonchev–Trinajstić information content (AvgIpc) is 2.61. The van der Waals surface area contributed by atoms with Gasteiger partial charge in [0.2, 0.25) is 0 Å². The van der Waals surface area contributed by atoms with Crippen LogP contribution in [0.5, 0.6) is 0 Å². The van der Waals surface area contributed by atoms with Crippen LogP contribution in [0.1, 0.15) is 42.6 Å². The van der Waals surface area contributed by atoms with Crippen LogP contribution in [0.15, 0.2) is 42.7 Å². The normalized spacial score (nSPS) is 14.3. The van der Waals surface area contributed by atoms with E-state index in [1.165, 1.54) is 12.3 Å². The van der Waals surface area contributed by atoms with Crippen molar-refractivity contribution in [3.05, 3.63) is 59.7 Å². The molecule has 2 aromatic heterocycles. The van der Waals surface area contributed by atoms with Crippen molar-refractivity contribution in [2.24, 2.45) is 5.73 Å². The first-order valence-corrected chi connectivity index (χ1v) is 8.29. The van der Waals surface area contributed by atoms with E-state index in [4.69, 9.17) is 5.73 Å². The fourth-order valence-electron chi connectivity index (χ4n) is 2.78. The number of pyridine rings is 2. The zero-order valence-electron chi connectivity index (χ0n) is 14.1. The minimum Gasteiger partial charge on any atom is -0.330 e. The minimum atomic E-state index is -4.41. The van der Waals surface area contributed by atoms with E-state index in [1.807, 2.05) is 25.1 Å². The lowest BCUT2D eigenvalue weighted by molar-refractivity contribution is -0.138. The molecule has 0 aliphatic carbocycles. The predicted molar refractivity (Wildman–Crippen MR) is 90.8 cm³/mol. The first-order valence-electron chi connectivity index (χ1n) is 8.29. The quantitative estimate of drug-likeness (QED) is 0.763. The molecular formula is C18H23F3N4. The third-order valence-corrected chi connectivity index (χ3v) is 4.20. The molecule has 2 aromatic rings. The van der Waals surface area contributed by atoms with Crippen molar-refractivity contribution < 1.29 is 13.2 Å². The van der Waals surface area contributed by atoms with E-state index in [0.717, 1.165) is 24.6 Å². The fourth-order valence-corrected chi connectivity index (χ4v) is 2.78. The Labute approximate surface area is 145 Å². The number of nitrogens with two attached hydrogens (primary N) is 1. The zero-order chi connectivity index (χ0) is 18.3. The standard InChI is InChI=1S/C18H23F3N4/c1-13(15-7-2-3-10-23-15)16(8-4-9-22)25-12-17-14(18(19,20)21)6-5-11-24-17/h2-3,5-7,10-11,13,16,25H,4,8-9,12,22H2,1H3. The number of nitrogens with one attached hydrogen (secondary N) is 1. The van der Waals surface area contributed by atoms with E-state index in [2.05, 4.69) is 15.3 Å². The van der Waals surface area contributed by atoms with Crippen LogP contribution >= 0.6 is 0 Å². The number of hydrogen-bond acceptors (Lipinski definition) is 4. The Hall–Kier alpha value is -1.99. The molecule has 0 radical (unpaired) electrons. The van der Waals surface area contributed by atoms with Crippen LogP contribution < -0.4 is 11.1 Å². The maximum Gasteiger partial charge on any atom is 0.418 e. The molecule has 0 fully saturated rings. The van der Waals surface area contributed by atoms with Gasteiger partial charge in [-0.25, -0.2) is 0 Å². The Morgan fingerprint density at radius 3 is 2.52 bits per heavy atom. The number of hydrogen-bond donors (Lipinski definition) is 2. The Morgan fingerprint density at radius 2 is 1.88 bits per heavy atom. The monoisotopic (exact) mass is 352 g/mol. The van der Waals surface area contributed by atoms with Gasteiger partial charge in [0.15, 0.2) is 0 Å². The van der Waals surface area contributed by atoms with Crippen LogP contribution in [0.3, 0.4) is 0 Å². The molecule has 4 nitrogen and oxygen atoms in total. The first kappa shape index (κ1) is 19.3. The van der Waals surface area contributed by atoms with Crippen molar-refractivity contribution in [2.75, 3.05) is 6.54 Å². The van der Waals surface area contributed by atoms with Gasteiger partial charge in [0.25, 0.3) is 0 Å². The van der Waals surface area contributed by atoms with E-state index in [9.17, 15) is 13.2 Å². The molecule has 2 unspecified atom stereocenters. The Kier molecular flexibility index (Phi) is 6.90. The summed E-state index contributed by atoms with van der Waals surface area (Å²) in [6.07, 6.45) is 0.214. The summed E-state index contributed by atoms with van der Waals surface area (Å²) in [5.41, 5.74) is 5.79. The van der Waals surface area contributed by atoms with Crippen molar-refractivity contribution in [3.63, 3.8) is 0 Å². The molecule has 25 heavy (non-hydrogen) atoms. The summed E-state index contributed by atoms with van der Waals surface area (Å²) in [5, 5.41) is 3.22. The van der Waals surface area contributed by atoms with E-state index < -0.39 is 11.7 Å². The second-order valence-electron chi connectivity index (χ2n) is 5.96. The number of rotatable bonds is 8. The van der Waals surface area contributed by atoms with Crippen LogP contribution in [-0.4, -0.2) is 22.6 Å².